The highest BCUT2D eigenvalue weighted by atomic mass is 16.5. The number of nitrogens with zero attached hydrogens (tertiary/aromatic N) is 2. The van der Waals surface area contributed by atoms with E-state index in [1.165, 1.54) is 12.3 Å². The van der Waals surface area contributed by atoms with Crippen LogP contribution in [-0.2, 0) is 4.74 Å². The van der Waals surface area contributed by atoms with Crippen molar-refractivity contribution in [1.29, 1.82) is 0 Å². The fourth-order valence-electron chi connectivity index (χ4n) is 3.34. The van der Waals surface area contributed by atoms with Crippen molar-refractivity contribution in [2.24, 2.45) is 5.92 Å². The van der Waals surface area contributed by atoms with Crippen LogP contribution in [0.2, 0.25) is 0 Å². The molecule has 0 aliphatic carbocycles. The van der Waals surface area contributed by atoms with Crippen LogP contribution in [0.15, 0.2) is 42.6 Å². The summed E-state index contributed by atoms with van der Waals surface area (Å²) in [5, 5.41) is 2.73. The lowest BCUT2D eigenvalue weighted by Gasteiger charge is -2.31. The number of esters is 1. The molecule has 7 heteroatoms. The molecule has 1 saturated heterocycles. The maximum atomic E-state index is 12.8. The van der Waals surface area contributed by atoms with E-state index < -0.39 is 11.9 Å². The topological polar surface area (TPSA) is 88.6 Å². The number of anilines is 1. The van der Waals surface area contributed by atoms with E-state index in [9.17, 15) is 14.4 Å². The van der Waals surface area contributed by atoms with Crippen molar-refractivity contribution in [1.82, 2.24) is 9.88 Å². The molecule has 1 aromatic heterocycles. The lowest BCUT2D eigenvalue weighted by Crippen LogP contribution is -2.39. The summed E-state index contributed by atoms with van der Waals surface area (Å²) in [6.07, 6.45) is 3.59. The number of likely N-dealkylation sites (tertiary alicyclic amines) is 1. The first-order valence-corrected chi connectivity index (χ1v) is 9.81. The molecule has 1 aliphatic heterocycles. The molecular formula is C22H25N3O4. The molecule has 7 nitrogen and oxygen atoms in total. The van der Waals surface area contributed by atoms with E-state index in [2.05, 4.69) is 17.2 Å². The van der Waals surface area contributed by atoms with E-state index in [4.69, 9.17) is 4.74 Å². The van der Waals surface area contributed by atoms with Gasteiger partial charge in [-0.3, -0.25) is 14.6 Å². The van der Waals surface area contributed by atoms with E-state index >= 15 is 0 Å². The number of piperidine rings is 1. The Kier molecular flexibility index (Phi) is 6.59. The molecule has 1 fully saturated rings. The Bertz CT molecular complexity index is 895. The Labute approximate surface area is 170 Å². The summed E-state index contributed by atoms with van der Waals surface area (Å²) in [6, 6.07) is 9.55. The van der Waals surface area contributed by atoms with Gasteiger partial charge in [0.1, 0.15) is 5.69 Å². The number of rotatable bonds is 5. The van der Waals surface area contributed by atoms with Gasteiger partial charge in [0, 0.05) is 30.5 Å². The van der Waals surface area contributed by atoms with Crippen LogP contribution in [0.5, 0.6) is 0 Å². The van der Waals surface area contributed by atoms with Gasteiger partial charge in [-0.05, 0) is 62.1 Å². The number of nitrogens with one attached hydrogen (secondary N) is 1. The van der Waals surface area contributed by atoms with E-state index in [0.717, 1.165) is 25.9 Å². The van der Waals surface area contributed by atoms with Crippen LogP contribution in [-0.4, -0.2) is 47.4 Å². The van der Waals surface area contributed by atoms with Gasteiger partial charge in [0.05, 0.1) is 12.2 Å². The normalized spacial score (nSPS) is 16.2. The van der Waals surface area contributed by atoms with E-state index in [1.807, 2.05) is 4.90 Å². The van der Waals surface area contributed by atoms with E-state index in [0.29, 0.717) is 29.3 Å². The highest BCUT2D eigenvalue weighted by molar-refractivity contribution is 6.05. The minimum absolute atomic E-state index is 0.0770. The molecule has 0 saturated carbocycles. The fraction of sp³-hybridized carbons (Fsp3) is 0.364. The van der Waals surface area contributed by atoms with Gasteiger partial charge >= 0.3 is 5.97 Å². The predicted molar refractivity (Wildman–Crippen MR) is 109 cm³/mol. The standard InChI is InChI=1S/C22H25N3O4/c1-3-29-22(28)16-6-8-18(9-7-16)24-20(26)19-13-17(10-11-23-19)21(27)25-12-4-5-15(2)14-25/h6-11,13,15H,3-5,12,14H2,1-2H3,(H,24,26). The number of aromatic nitrogens is 1. The summed E-state index contributed by atoms with van der Waals surface area (Å²) in [6.45, 7) is 5.64. The monoisotopic (exact) mass is 395 g/mol. The summed E-state index contributed by atoms with van der Waals surface area (Å²) < 4.78 is 4.94. The number of amides is 2. The van der Waals surface area contributed by atoms with Crippen molar-refractivity contribution in [3.63, 3.8) is 0 Å². The second kappa shape index (κ2) is 9.32. The Balaban J connectivity index is 1.67. The summed E-state index contributed by atoms with van der Waals surface area (Å²) >= 11 is 0. The molecule has 2 heterocycles. The average molecular weight is 395 g/mol. The summed E-state index contributed by atoms with van der Waals surface area (Å²) in [7, 11) is 0. The zero-order valence-corrected chi connectivity index (χ0v) is 16.7. The highest BCUT2D eigenvalue weighted by Crippen LogP contribution is 2.18. The maximum absolute atomic E-state index is 12.8. The summed E-state index contributed by atoms with van der Waals surface area (Å²) in [5.41, 5.74) is 1.55. The quantitative estimate of drug-likeness (QED) is 0.784. The minimum atomic E-state index is -0.421. The number of hydrogen-bond donors (Lipinski definition) is 1. The predicted octanol–water partition coefficient (Wildman–Crippen LogP) is 3.38. The molecule has 29 heavy (non-hydrogen) atoms. The first-order chi connectivity index (χ1) is 14.0. The number of ether oxygens (including phenoxy) is 1. The van der Waals surface area contributed by atoms with E-state index in [1.54, 1.807) is 37.3 Å². The van der Waals surface area contributed by atoms with Crippen molar-refractivity contribution in [2.75, 3.05) is 25.0 Å². The zero-order chi connectivity index (χ0) is 20.8. The smallest absolute Gasteiger partial charge is 0.338 e. The number of carbonyl (C=O) groups excluding carboxylic acids is 3. The second-order valence-corrected chi connectivity index (χ2v) is 7.18. The Morgan fingerprint density at radius 1 is 1.17 bits per heavy atom. The summed E-state index contributed by atoms with van der Waals surface area (Å²) in [5.74, 6) is -0.428. The highest BCUT2D eigenvalue weighted by Gasteiger charge is 2.23. The van der Waals surface area contributed by atoms with Crippen LogP contribution in [0.25, 0.3) is 0 Å². The number of hydrogen-bond acceptors (Lipinski definition) is 5. The van der Waals surface area contributed by atoms with Crippen molar-refractivity contribution in [2.45, 2.75) is 26.7 Å². The van der Waals surface area contributed by atoms with Crippen LogP contribution in [0.4, 0.5) is 5.69 Å². The van der Waals surface area contributed by atoms with Crippen LogP contribution in [0.1, 0.15) is 57.9 Å². The molecule has 0 bridgehead atoms. The molecule has 0 spiro atoms. The molecule has 0 radical (unpaired) electrons. The largest absolute Gasteiger partial charge is 0.462 e. The van der Waals surface area contributed by atoms with Gasteiger partial charge in [0.2, 0.25) is 0 Å². The van der Waals surface area contributed by atoms with Crippen LogP contribution in [0, 0.1) is 5.92 Å². The molecule has 3 rings (SSSR count). The zero-order valence-electron chi connectivity index (χ0n) is 16.7. The van der Waals surface area contributed by atoms with Crippen LogP contribution in [0.3, 0.4) is 0 Å². The summed E-state index contributed by atoms with van der Waals surface area (Å²) in [4.78, 5) is 42.9. The molecule has 1 N–H and O–H groups in total. The molecule has 152 valence electrons. The molecule has 1 aromatic carbocycles. The lowest BCUT2D eigenvalue weighted by atomic mass is 9.99. The van der Waals surface area contributed by atoms with Crippen molar-refractivity contribution in [3.8, 4) is 0 Å². The van der Waals surface area contributed by atoms with E-state index in [-0.39, 0.29) is 11.6 Å². The van der Waals surface area contributed by atoms with Crippen molar-refractivity contribution in [3.05, 3.63) is 59.4 Å². The SMILES string of the molecule is CCOC(=O)c1ccc(NC(=O)c2cc(C(=O)N3CCCC(C)C3)ccn2)cc1. The first-order valence-electron chi connectivity index (χ1n) is 9.81. The average Bonchev–Trinajstić information content (AvgIpc) is 2.74. The van der Waals surface area contributed by atoms with Gasteiger partial charge in [-0.15, -0.1) is 0 Å². The Hall–Kier alpha value is -3.22. The fourth-order valence-corrected chi connectivity index (χ4v) is 3.34. The third-order valence-electron chi connectivity index (χ3n) is 4.84. The Morgan fingerprint density at radius 2 is 1.93 bits per heavy atom. The maximum Gasteiger partial charge on any atom is 0.338 e. The van der Waals surface area contributed by atoms with Gasteiger partial charge in [-0.2, -0.15) is 0 Å². The molecule has 2 amide bonds. The molecular weight excluding hydrogens is 370 g/mol. The number of carbonyl (C=O) groups is 3. The van der Waals surface area contributed by atoms with Crippen LogP contribution < -0.4 is 5.32 Å². The number of pyridine rings is 1. The van der Waals surface area contributed by atoms with Gasteiger partial charge in [0.25, 0.3) is 11.8 Å². The van der Waals surface area contributed by atoms with Gasteiger partial charge < -0.3 is 15.0 Å². The first kappa shape index (κ1) is 20.5. The second-order valence-electron chi connectivity index (χ2n) is 7.18. The molecule has 1 atom stereocenters. The van der Waals surface area contributed by atoms with Crippen molar-refractivity contribution < 1.29 is 19.1 Å². The van der Waals surface area contributed by atoms with Gasteiger partial charge in [0.15, 0.2) is 0 Å². The third-order valence-corrected chi connectivity index (χ3v) is 4.84. The molecule has 1 aliphatic rings. The van der Waals surface area contributed by atoms with Gasteiger partial charge in [-0.25, -0.2) is 4.79 Å². The van der Waals surface area contributed by atoms with Gasteiger partial charge in [-0.1, -0.05) is 6.92 Å². The minimum Gasteiger partial charge on any atom is -0.462 e. The molecule has 1 unspecified atom stereocenters. The van der Waals surface area contributed by atoms with Crippen molar-refractivity contribution >= 4 is 23.5 Å². The molecule has 2 aromatic rings. The number of benzene rings is 1. The Morgan fingerprint density at radius 3 is 2.62 bits per heavy atom. The van der Waals surface area contributed by atoms with Crippen LogP contribution >= 0.6 is 0 Å². The lowest BCUT2D eigenvalue weighted by molar-refractivity contribution is 0.0526. The third kappa shape index (κ3) is 5.19.